The fraction of sp³-hybridized carbons (Fsp3) is 0.320. The quantitative estimate of drug-likeness (QED) is 0.132. The molecule has 0 aromatic heterocycles. The molecule has 11 heteroatoms. The van der Waals surface area contributed by atoms with E-state index in [2.05, 4.69) is 35.1 Å². The number of imide groups is 2. The van der Waals surface area contributed by atoms with Gasteiger partial charge in [-0.25, -0.2) is 4.79 Å². The number of amides is 4. The van der Waals surface area contributed by atoms with Crippen molar-refractivity contribution in [3.63, 3.8) is 0 Å². The minimum absolute atomic E-state index is 0.0498. The maximum Gasteiger partial charge on any atom is 0.328 e. The van der Waals surface area contributed by atoms with E-state index in [1.54, 1.807) is 48.4 Å². The molecule has 0 spiro atoms. The van der Waals surface area contributed by atoms with Crippen molar-refractivity contribution in [3.8, 4) is 11.8 Å². The molecule has 1 saturated heterocycles. The maximum atomic E-state index is 12.6. The standard InChI is InChI=1S/C25H29N5O6/c1-5-19(35-21-10-8-18(9-11-21)30(27-3)16-7-15-26)12-13-20(6-2)36-25(14-17-34-4)22(31)28-24(33)29-23(25)32/h5,8-13H,1,3,6-7,14,16-17H2,2,4H3,(H2,28,29,31,32,33)/b19-12+,20-13+. The number of hydrazone groups is 1. The van der Waals surface area contributed by atoms with Crippen molar-refractivity contribution in [2.24, 2.45) is 5.10 Å². The lowest BCUT2D eigenvalue weighted by Crippen LogP contribution is -2.67. The molecule has 1 heterocycles. The number of methoxy groups -OCH3 is 1. The van der Waals surface area contributed by atoms with Gasteiger partial charge in [0.15, 0.2) is 0 Å². The number of ether oxygens (including phenoxy) is 3. The van der Waals surface area contributed by atoms with E-state index in [4.69, 9.17) is 19.5 Å². The zero-order valence-electron chi connectivity index (χ0n) is 20.3. The molecule has 1 aliphatic heterocycles. The summed E-state index contributed by atoms with van der Waals surface area (Å²) < 4.78 is 16.7. The van der Waals surface area contributed by atoms with Gasteiger partial charge in [0, 0.05) is 26.7 Å². The summed E-state index contributed by atoms with van der Waals surface area (Å²) in [7, 11) is 1.43. The van der Waals surface area contributed by atoms with Crippen LogP contribution in [0.25, 0.3) is 0 Å². The molecule has 0 radical (unpaired) electrons. The fourth-order valence-electron chi connectivity index (χ4n) is 3.19. The highest BCUT2D eigenvalue weighted by Crippen LogP contribution is 2.26. The molecule has 0 saturated carbocycles. The van der Waals surface area contributed by atoms with Gasteiger partial charge in [-0.1, -0.05) is 13.5 Å². The number of carbonyl (C=O) groups excluding carboxylic acids is 3. The van der Waals surface area contributed by atoms with Crippen LogP contribution in [0.2, 0.25) is 0 Å². The van der Waals surface area contributed by atoms with Crippen LogP contribution in [0, 0.1) is 11.3 Å². The predicted octanol–water partition coefficient (Wildman–Crippen LogP) is 2.92. The van der Waals surface area contributed by atoms with Gasteiger partial charge in [0.1, 0.15) is 11.5 Å². The summed E-state index contributed by atoms with van der Waals surface area (Å²) in [6, 6.07) is 8.17. The number of nitrogens with one attached hydrogen (secondary N) is 2. The largest absolute Gasteiger partial charge is 0.472 e. The molecule has 1 aromatic rings. The first-order valence-corrected chi connectivity index (χ1v) is 11.1. The number of anilines is 1. The highest BCUT2D eigenvalue weighted by molar-refractivity contribution is 6.21. The smallest absolute Gasteiger partial charge is 0.328 e. The normalized spacial score (nSPS) is 15.3. The van der Waals surface area contributed by atoms with Crippen LogP contribution in [0.1, 0.15) is 26.2 Å². The van der Waals surface area contributed by atoms with Gasteiger partial charge >= 0.3 is 6.03 Å². The molecule has 1 aliphatic rings. The first kappa shape index (κ1) is 27.8. The summed E-state index contributed by atoms with van der Waals surface area (Å²) in [5.41, 5.74) is -1.21. The Labute approximate surface area is 209 Å². The van der Waals surface area contributed by atoms with Crippen LogP contribution >= 0.6 is 0 Å². The fourth-order valence-corrected chi connectivity index (χ4v) is 3.19. The number of allylic oxidation sites excluding steroid dienone is 4. The van der Waals surface area contributed by atoms with Crippen molar-refractivity contribution >= 4 is 30.3 Å². The highest BCUT2D eigenvalue weighted by Gasteiger charge is 2.52. The molecule has 2 rings (SSSR count). The summed E-state index contributed by atoms with van der Waals surface area (Å²) in [5, 5.41) is 18.4. The minimum Gasteiger partial charge on any atom is -0.472 e. The molecular formula is C25H29N5O6. The van der Waals surface area contributed by atoms with E-state index in [1.807, 2.05) is 0 Å². The number of nitrogens with zero attached hydrogens (tertiary/aromatic N) is 3. The molecule has 2 N–H and O–H groups in total. The van der Waals surface area contributed by atoms with E-state index in [1.165, 1.54) is 13.2 Å². The molecule has 0 unspecified atom stereocenters. The summed E-state index contributed by atoms with van der Waals surface area (Å²) in [5.74, 6) is -0.541. The van der Waals surface area contributed by atoms with Crippen molar-refractivity contribution in [3.05, 3.63) is 60.6 Å². The lowest BCUT2D eigenvalue weighted by molar-refractivity contribution is -0.159. The Hall–Kier alpha value is -4.43. The number of barbiturate groups is 1. The van der Waals surface area contributed by atoms with Crippen molar-refractivity contribution in [1.82, 2.24) is 10.6 Å². The van der Waals surface area contributed by atoms with E-state index >= 15 is 0 Å². The Morgan fingerprint density at radius 3 is 2.39 bits per heavy atom. The molecule has 1 aromatic carbocycles. The first-order chi connectivity index (χ1) is 17.3. The van der Waals surface area contributed by atoms with E-state index < -0.39 is 23.4 Å². The SMILES string of the molecule is C=C/C(=C\C=C(/CC)OC1(CCOC)C(=O)NC(=O)NC1=O)Oc1ccc(N(CCC#N)N=C)cc1. The lowest BCUT2D eigenvalue weighted by atomic mass is 9.95. The van der Waals surface area contributed by atoms with Gasteiger partial charge in [-0.05, 0) is 42.5 Å². The van der Waals surface area contributed by atoms with Gasteiger partial charge < -0.3 is 14.2 Å². The monoisotopic (exact) mass is 495 g/mol. The molecule has 0 aliphatic carbocycles. The molecule has 36 heavy (non-hydrogen) atoms. The maximum absolute atomic E-state index is 12.6. The van der Waals surface area contributed by atoms with Crippen LogP contribution in [0.4, 0.5) is 10.5 Å². The first-order valence-electron chi connectivity index (χ1n) is 11.1. The number of urea groups is 1. The van der Waals surface area contributed by atoms with Gasteiger partial charge in [-0.2, -0.15) is 10.4 Å². The van der Waals surface area contributed by atoms with Crippen LogP contribution in [0.5, 0.6) is 5.75 Å². The zero-order valence-corrected chi connectivity index (χ0v) is 20.3. The van der Waals surface area contributed by atoms with Gasteiger partial charge in [-0.3, -0.25) is 25.2 Å². The van der Waals surface area contributed by atoms with E-state index in [0.717, 1.165) is 5.69 Å². The second kappa shape index (κ2) is 13.5. The average molecular weight is 496 g/mol. The molecule has 0 atom stereocenters. The van der Waals surface area contributed by atoms with E-state index in [0.29, 0.717) is 36.7 Å². The Balaban J connectivity index is 2.21. The average Bonchev–Trinajstić information content (AvgIpc) is 2.87. The summed E-state index contributed by atoms with van der Waals surface area (Å²) in [6.45, 7) is 9.52. The summed E-state index contributed by atoms with van der Waals surface area (Å²) in [4.78, 5) is 36.7. The minimum atomic E-state index is -1.96. The Kier molecular flexibility index (Phi) is 10.4. The number of carbonyl (C=O) groups is 3. The number of benzene rings is 1. The van der Waals surface area contributed by atoms with Crippen LogP contribution in [0.15, 0.2) is 65.7 Å². The number of hydrogen-bond donors (Lipinski definition) is 2. The van der Waals surface area contributed by atoms with Crippen LogP contribution in [-0.4, -0.2) is 50.4 Å². The number of hydrogen-bond acceptors (Lipinski definition) is 9. The van der Waals surface area contributed by atoms with Crippen LogP contribution in [0.3, 0.4) is 0 Å². The molecule has 1 fully saturated rings. The van der Waals surface area contributed by atoms with Gasteiger partial charge in [0.25, 0.3) is 17.4 Å². The molecule has 11 nitrogen and oxygen atoms in total. The van der Waals surface area contributed by atoms with Gasteiger partial charge in [0.05, 0.1) is 37.1 Å². The van der Waals surface area contributed by atoms with Crippen molar-refractivity contribution in [1.29, 1.82) is 5.26 Å². The molecule has 190 valence electrons. The van der Waals surface area contributed by atoms with E-state index in [-0.39, 0.29) is 13.0 Å². The van der Waals surface area contributed by atoms with E-state index in [9.17, 15) is 14.4 Å². The lowest BCUT2D eigenvalue weighted by Gasteiger charge is -2.34. The number of rotatable bonds is 14. The number of nitriles is 1. The van der Waals surface area contributed by atoms with Crippen LogP contribution in [-0.2, 0) is 19.1 Å². The summed E-state index contributed by atoms with van der Waals surface area (Å²) >= 11 is 0. The van der Waals surface area contributed by atoms with Gasteiger partial charge in [-0.15, -0.1) is 0 Å². The van der Waals surface area contributed by atoms with Gasteiger partial charge in [0.2, 0.25) is 0 Å². The third-order valence-corrected chi connectivity index (χ3v) is 5.11. The second-order valence-corrected chi connectivity index (χ2v) is 7.44. The Bertz CT molecular complexity index is 1070. The predicted molar refractivity (Wildman–Crippen MR) is 133 cm³/mol. The highest BCUT2D eigenvalue weighted by atomic mass is 16.5. The second-order valence-electron chi connectivity index (χ2n) is 7.44. The molecular weight excluding hydrogens is 466 g/mol. The third-order valence-electron chi connectivity index (χ3n) is 5.11. The topological polar surface area (TPSA) is 142 Å². The molecule has 4 amide bonds. The molecule has 0 bridgehead atoms. The Morgan fingerprint density at radius 1 is 1.19 bits per heavy atom. The Morgan fingerprint density at radius 2 is 1.86 bits per heavy atom. The summed E-state index contributed by atoms with van der Waals surface area (Å²) in [6.07, 6.45) is 5.17. The third kappa shape index (κ3) is 7.04. The zero-order chi connectivity index (χ0) is 26.6. The van der Waals surface area contributed by atoms with Crippen molar-refractivity contribution in [2.45, 2.75) is 31.8 Å². The van der Waals surface area contributed by atoms with Crippen molar-refractivity contribution < 1.29 is 28.6 Å². The van der Waals surface area contributed by atoms with Crippen molar-refractivity contribution in [2.75, 3.05) is 25.3 Å². The van der Waals surface area contributed by atoms with Crippen LogP contribution < -0.4 is 20.4 Å².